The quantitative estimate of drug-likeness (QED) is 0.522. The molecule has 2 saturated heterocycles. The number of para-hydroxylation sites is 1. The minimum atomic E-state index is -1.55. The van der Waals surface area contributed by atoms with Crippen LogP contribution in [0.25, 0.3) is 0 Å². The average Bonchev–Trinajstić information content (AvgIpc) is 3.17. The van der Waals surface area contributed by atoms with Gasteiger partial charge < -0.3 is 9.84 Å². The zero-order chi connectivity index (χ0) is 20.5. The second kappa shape index (κ2) is 7.86. The third kappa shape index (κ3) is 2.95. The van der Waals surface area contributed by atoms with Gasteiger partial charge in [0.25, 0.3) is 0 Å². The van der Waals surface area contributed by atoms with Crippen molar-refractivity contribution in [2.24, 2.45) is 11.8 Å². The van der Waals surface area contributed by atoms with Gasteiger partial charge in [-0.25, -0.2) is 0 Å². The third-order valence-corrected chi connectivity index (χ3v) is 6.16. The van der Waals surface area contributed by atoms with Crippen LogP contribution in [0.2, 0.25) is 0 Å². The summed E-state index contributed by atoms with van der Waals surface area (Å²) in [6.45, 7) is -0.165. The number of nitrogens with zero attached hydrogens (tertiary/aromatic N) is 1. The van der Waals surface area contributed by atoms with E-state index < -0.39 is 41.2 Å². The number of carboxylic acids is 1. The number of imide groups is 1. The highest BCUT2D eigenvalue weighted by Gasteiger charge is 2.68. The second-order valence-corrected chi connectivity index (χ2v) is 7.84. The van der Waals surface area contributed by atoms with Crippen molar-refractivity contribution in [1.29, 1.82) is 0 Å². The monoisotopic (exact) mass is 402 g/mol. The molecule has 2 amide bonds. The van der Waals surface area contributed by atoms with E-state index in [1.165, 1.54) is 18.9 Å². The number of fused-ring (bicyclic) bond motifs is 1. The summed E-state index contributed by atoms with van der Waals surface area (Å²) < 4.78 is 5.42. The molecule has 2 fully saturated rings. The fraction of sp³-hybridized carbons (Fsp3) is 0.450. The van der Waals surface area contributed by atoms with E-state index in [1.54, 1.807) is 24.3 Å². The topological polar surface area (TPSA) is 95.9 Å². The van der Waals surface area contributed by atoms with Crippen LogP contribution in [-0.4, -0.2) is 59.0 Å². The van der Waals surface area contributed by atoms with Gasteiger partial charge in [-0.05, 0) is 24.5 Å². The van der Waals surface area contributed by atoms with Crippen molar-refractivity contribution in [2.75, 3.05) is 25.7 Å². The number of amides is 2. The predicted molar refractivity (Wildman–Crippen MR) is 105 cm³/mol. The van der Waals surface area contributed by atoms with Crippen LogP contribution < -0.4 is 10.1 Å². The first kappa shape index (κ1) is 20.2. The number of hydrogen-bond acceptors (Lipinski definition) is 6. The first-order valence-electron chi connectivity index (χ1n) is 8.84. The molecule has 2 N–H and O–H groups in total. The van der Waals surface area contributed by atoms with E-state index >= 15 is 0 Å². The van der Waals surface area contributed by atoms with Crippen LogP contribution in [0.1, 0.15) is 18.0 Å². The first-order chi connectivity index (χ1) is 13.4. The number of nitrogens with one attached hydrogen (secondary N) is 1. The molecule has 2 heterocycles. The van der Waals surface area contributed by atoms with Crippen molar-refractivity contribution in [3.05, 3.63) is 29.8 Å². The maximum atomic E-state index is 13.1. The van der Waals surface area contributed by atoms with Gasteiger partial charge in [0.2, 0.25) is 11.8 Å². The molecule has 2 aliphatic rings. The molecule has 0 spiro atoms. The lowest BCUT2D eigenvalue weighted by Crippen LogP contribution is -2.56. The number of carbonyl (C=O) groups is 3. The Morgan fingerprint density at radius 2 is 2.11 bits per heavy atom. The van der Waals surface area contributed by atoms with E-state index in [9.17, 15) is 19.5 Å². The molecular formula is C20H22N2O5S. The van der Waals surface area contributed by atoms with Gasteiger partial charge in [0.15, 0.2) is 0 Å². The van der Waals surface area contributed by atoms with Gasteiger partial charge in [0.1, 0.15) is 11.3 Å². The maximum Gasteiger partial charge on any atom is 0.324 e. The highest BCUT2D eigenvalue weighted by atomic mass is 32.2. The number of hydrogen-bond donors (Lipinski definition) is 2. The van der Waals surface area contributed by atoms with Gasteiger partial charge in [-0.3, -0.25) is 24.6 Å². The summed E-state index contributed by atoms with van der Waals surface area (Å²) in [6, 6.07) is 6.44. The number of likely N-dealkylation sites (tertiary alicyclic amines) is 1. The maximum absolute atomic E-state index is 13.1. The van der Waals surface area contributed by atoms with Crippen molar-refractivity contribution >= 4 is 29.5 Å². The van der Waals surface area contributed by atoms with Crippen LogP contribution in [0.5, 0.6) is 5.75 Å². The van der Waals surface area contributed by atoms with Crippen LogP contribution in [0.4, 0.5) is 0 Å². The van der Waals surface area contributed by atoms with E-state index in [1.807, 2.05) is 6.26 Å². The molecule has 1 aromatic rings. The molecule has 0 radical (unpaired) electrons. The fourth-order valence-electron chi connectivity index (χ4n) is 4.30. The number of carboxylic acid groups (broad SMARTS) is 1. The Morgan fingerprint density at radius 1 is 1.39 bits per heavy atom. The number of terminal acetylenes is 1. The molecule has 7 nitrogen and oxygen atoms in total. The summed E-state index contributed by atoms with van der Waals surface area (Å²) in [5.74, 6) is -0.603. The molecule has 4 atom stereocenters. The lowest BCUT2D eigenvalue weighted by atomic mass is 9.78. The largest absolute Gasteiger partial charge is 0.496 e. The van der Waals surface area contributed by atoms with Crippen molar-refractivity contribution in [1.82, 2.24) is 10.2 Å². The second-order valence-electron chi connectivity index (χ2n) is 6.85. The zero-order valence-corrected chi connectivity index (χ0v) is 16.5. The summed E-state index contributed by atoms with van der Waals surface area (Å²) >= 11 is 1.49. The van der Waals surface area contributed by atoms with Crippen LogP contribution in [0, 0.1) is 24.2 Å². The number of rotatable bonds is 7. The van der Waals surface area contributed by atoms with Gasteiger partial charge in [-0.2, -0.15) is 11.8 Å². The summed E-state index contributed by atoms with van der Waals surface area (Å²) in [5.41, 5.74) is -0.897. The normalized spacial score (nSPS) is 28.9. The first-order valence-corrected chi connectivity index (χ1v) is 10.2. The van der Waals surface area contributed by atoms with Gasteiger partial charge in [-0.1, -0.05) is 24.1 Å². The van der Waals surface area contributed by atoms with Gasteiger partial charge >= 0.3 is 5.97 Å². The lowest BCUT2D eigenvalue weighted by Gasteiger charge is -2.31. The van der Waals surface area contributed by atoms with Gasteiger partial charge in [0.05, 0.1) is 25.5 Å². The average molecular weight is 402 g/mol. The highest BCUT2D eigenvalue weighted by molar-refractivity contribution is 7.98. The van der Waals surface area contributed by atoms with E-state index in [2.05, 4.69) is 11.2 Å². The molecule has 3 rings (SSSR count). The Kier molecular flexibility index (Phi) is 5.68. The number of aliphatic carboxylic acids is 1. The standard InChI is InChI=1S/C20H22N2O5S/c1-4-10-22-17(23)14-15(18(22)24)20(19(25)26,9-11-28-3)21-16(14)12-7-5-6-8-13(12)27-2/h1,5-8,14-16,21H,9-11H2,2-3H3,(H,25,26). The molecule has 0 aromatic heterocycles. The molecular weight excluding hydrogens is 380 g/mol. The molecule has 28 heavy (non-hydrogen) atoms. The van der Waals surface area contributed by atoms with Crippen molar-refractivity contribution in [3.8, 4) is 18.1 Å². The molecule has 2 aliphatic heterocycles. The Bertz CT molecular complexity index is 851. The SMILES string of the molecule is C#CCN1C(=O)C2C(c3ccccc3OC)NC(CCSC)(C(=O)O)C2C1=O. The number of methoxy groups -OCH3 is 1. The molecule has 4 unspecified atom stereocenters. The molecule has 8 heteroatoms. The molecule has 148 valence electrons. The Morgan fingerprint density at radius 3 is 2.71 bits per heavy atom. The lowest BCUT2D eigenvalue weighted by molar-refractivity contribution is -0.151. The van der Waals surface area contributed by atoms with E-state index in [4.69, 9.17) is 11.2 Å². The van der Waals surface area contributed by atoms with E-state index in [0.29, 0.717) is 17.1 Å². The van der Waals surface area contributed by atoms with Crippen LogP contribution in [0.15, 0.2) is 24.3 Å². The molecule has 0 bridgehead atoms. The molecule has 1 aromatic carbocycles. The van der Waals surface area contributed by atoms with E-state index in [0.717, 1.165) is 4.90 Å². The highest BCUT2D eigenvalue weighted by Crippen LogP contribution is 2.51. The third-order valence-electron chi connectivity index (χ3n) is 5.55. The predicted octanol–water partition coefficient (Wildman–Crippen LogP) is 1.15. The summed E-state index contributed by atoms with van der Waals surface area (Å²) in [4.78, 5) is 39.6. The van der Waals surface area contributed by atoms with Crippen molar-refractivity contribution < 1.29 is 24.2 Å². The Labute approximate surface area is 167 Å². The van der Waals surface area contributed by atoms with Crippen molar-refractivity contribution in [3.63, 3.8) is 0 Å². The molecule has 0 aliphatic carbocycles. The smallest absolute Gasteiger partial charge is 0.324 e. The van der Waals surface area contributed by atoms with Gasteiger partial charge in [0, 0.05) is 11.6 Å². The van der Waals surface area contributed by atoms with Gasteiger partial charge in [-0.15, -0.1) is 6.42 Å². The fourth-order valence-corrected chi connectivity index (χ4v) is 4.82. The minimum absolute atomic E-state index is 0.165. The minimum Gasteiger partial charge on any atom is -0.496 e. The number of carbonyl (C=O) groups excluding carboxylic acids is 2. The number of thioether (sulfide) groups is 1. The van der Waals surface area contributed by atoms with E-state index in [-0.39, 0.29) is 13.0 Å². The molecule has 0 saturated carbocycles. The number of benzene rings is 1. The summed E-state index contributed by atoms with van der Waals surface area (Å²) in [7, 11) is 1.51. The number of ether oxygens (including phenoxy) is 1. The summed E-state index contributed by atoms with van der Waals surface area (Å²) in [5, 5.41) is 13.3. The van der Waals surface area contributed by atoms with Crippen molar-refractivity contribution in [2.45, 2.75) is 18.0 Å². The Balaban J connectivity index is 2.15. The van der Waals surface area contributed by atoms with Crippen LogP contribution in [-0.2, 0) is 14.4 Å². The van der Waals surface area contributed by atoms with Crippen LogP contribution >= 0.6 is 11.8 Å². The Hall–Kier alpha value is -2.50. The van der Waals surface area contributed by atoms with Crippen LogP contribution in [0.3, 0.4) is 0 Å². The zero-order valence-electron chi connectivity index (χ0n) is 15.7. The summed E-state index contributed by atoms with van der Waals surface area (Å²) in [6.07, 6.45) is 7.41.